The van der Waals surface area contributed by atoms with Crippen molar-refractivity contribution in [3.05, 3.63) is 76.4 Å². The van der Waals surface area contributed by atoms with Crippen LogP contribution in [-0.2, 0) is 5.41 Å². The van der Waals surface area contributed by atoms with E-state index in [1.807, 2.05) is 12.1 Å². The number of fused-ring (bicyclic) bond motifs is 3. The lowest BCUT2D eigenvalue weighted by Gasteiger charge is -2.21. The average molecular weight is 350 g/mol. The van der Waals surface area contributed by atoms with Gasteiger partial charge in [-0.25, -0.2) is 4.98 Å². The van der Waals surface area contributed by atoms with E-state index in [2.05, 4.69) is 83.3 Å². The first kappa shape index (κ1) is 13.7. The Labute approximate surface area is 139 Å². The SMILES string of the molecule is CC1(C)c2ccccc2-c2ccc(-c3cccc(Br)n3)cc21. The smallest absolute Gasteiger partial charge is 0.106 e. The lowest BCUT2D eigenvalue weighted by atomic mass is 9.82. The number of benzene rings is 2. The van der Waals surface area contributed by atoms with Crippen molar-refractivity contribution in [2.24, 2.45) is 0 Å². The van der Waals surface area contributed by atoms with Crippen molar-refractivity contribution in [2.45, 2.75) is 19.3 Å². The van der Waals surface area contributed by atoms with Crippen molar-refractivity contribution >= 4 is 15.9 Å². The maximum Gasteiger partial charge on any atom is 0.106 e. The van der Waals surface area contributed by atoms with Crippen molar-refractivity contribution in [1.29, 1.82) is 0 Å². The Hall–Kier alpha value is -1.93. The fourth-order valence-electron chi connectivity index (χ4n) is 3.43. The lowest BCUT2D eigenvalue weighted by molar-refractivity contribution is 0.660. The van der Waals surface area contributed by atoms with Crippen molar-refractivity contribution in [3.63, 3.8) is 0 Å². The number of aromatic nitrogens is 1. The second-order valence-electron chi connectivity index (χ2n) is 6.28. The Balaban J connectivity index is 1.92. The summed E-state index contributed by atoms with van der Waals surface area (Å²) in [6, 6.07) is 21.5. The average Bonchev–Trinajstić information content (AvgIpc) is 2.76. The van der Waals surface area contributed by atoms with Crippen LogP contribution in [0.25, 0.3) is 22.4 Å². The molecular formula is C20H16BrN. The molecule has 0 bridgehead atoms. The molecule has 108 valence electrons. The Morgan fingerprint density at radius 1 is 0.818 bits per heavy atom. The molecule has 3 aromatic rings. The maximum atomic E-state index is 4.58. The maximum absolute atomic E-state index is 4.58. The summed E-state index contributed by atoms with van der Waals surface area (Å²) in [7, 11) is 0. The normalized spacial score (nSPS) is 14.5. The quantitative estimate of drug-likeness (QED) is 0.504. The molecule has 1 heterocycles. The molecule has 22 heavy (non-hydrogen) atoms. The zero-order valence-corrected chi connectivity index (χ0v) is 14.2. The highest BCUT2D eigenvalue weighted by Gasteiger charge is 2.35. The van der Waals surface area contributed by atoms with Gasteiger partial charge in [0.15, 0.2) is 0 Å². The number of hydrogen-bond donors (Lipinski definition) is 0. The predicted octanol–water partition coefficient (Wildman–Crippen LogP) is 5.82. The molecule has 0 N–H and O–H groups in total. The van der Waals surface area contributed by atoms with Gasteiger partial charge in [-0.2, -0.15) is 0 Å². The molecule has 1 nitrogen and oxygen atoms in total. The van der Waals surface area contributed by atoms with E-state index in [9.17, 15) is 0 Å². The molecule has 2 aromatic carbocycles. The van der Waals surface area contributed by atoms with E-state index in [0.29, 0.717) is 0 Å². The molecule has 0 saturated carbocycles. The van der Waals surface area contributed by atoms with E-state index in [1.54, 1.807) is 0 Å². The van der Waals surface area contributed by atoms with Crippen LogP contribution < -0.4 is 0 Å². The molecule has 0 spiro atoms. The van der Waals surface area contributed by atoms with Crippen LogP contribution in [0.4, 0.5) is 0 Å². The highest BCUT2D eigenvalue weighted by atomic mass is 79.9. The fourth-order valence-corrected chi connectivity index (χ4v) is 3.78. The Kier molecular flexibility index (Phi) is 2.98. The predicted molar refractivity (Wildman–Crippen MR) is 94.9 cm³/mol. The lowest BCUT2D eigenvalue weighted by Crippen LogP contribution is -2.14. The molecule has 1 aliphatic carbocycles. The molecule has 4 rings (SSSR count). The van der Waals surface area contributed by atoms with Crippen LogP contribution in [0.1, 0.15) is 25.0 Å². The third-order valence-corrected chi connectivity index (χ3v) is 5.04. The van der Waals surface area contributed by atoms with Crippen molar-refractivity contribution in [3.8, 4) is 22.4 Å². The summed E-state index contributed by atoms with van der Waals surface area (Å²) in [5.41, 5.74) is 7.70. The molecule has 0 radical (unpaired) electrons. The molecular weight excluding hydrogens is 334 g/mol. The Morgan fingerprint density at radius 2 is 1.59 bits per heavy atom. The monoisotopic (exact) mass is 349 g/mol. The van der Waals surface area contributed by atoms with Crippen molar-refractivity contribution in [1.82, 2.24) is 4.98 Å². The van der Waals surface area contributed by atoms with Gasteiger partial charge in [0.1, 0.15) is 4.60 Å². The van der Waals surface area contributed by atoms with Gasteiger partial charge in [0.25, 0.3) is 0 Å². The summed E-state index contributed by atoms with van der Waals surface area (Å²) < 4.78 is 0.869. The molecule has 0 fully saturated rings. The minimum absolute atomic E-state index is 0.0357. The number of hydrogen-bond acceptors (Lipinski definition) is 1. The summed E-state index contributed by atoms with van der Waals surface area (Å²) in [6.07, 6.45) is 0. The third-order valence-electron chi connectivity index (χ3n) is 4.59. The molecule has 0 saturated heterocycles. The van der Waals surface area contributed by atoms with E-state index in [-0.39, 0.29) is 5.41 Å². The summed E-state index contributed by atoms with van der Waals surface area (Å²) in [5, 5.41) is 0. The molecule has 1 aromatic heterocycles. The number of nitrogens with zero attached hydrogens (tertiary/aromatic N) is 1. The fraction of sp³-hybridized carbons (Fsp3) is 0.150. The van der Waals surface area contributed by atoms with Gasteiger partial charge in [-0.15, -0.1) is 0 Å². The molecule has 2 heteroatoms. The standard InChI is InChI=1S/C20H16BrN/c1-20(2)16-7-4-3-6-14(16)15-11-10-13(12-17(15)20)18-8-5-9-19(21)22-18/h3-12H,1-2H3. The topological polar surface area (TPSA) is 12.9 Å². The van der Waals surface area contributed by atoms with Crippen LogP contribution in [0.15, 0.2) is 65.3 Å². The van der Waals surface area contributed by atoms with Crippen LogP contribution in [0, 0.1) is 0 Å². The number of halogens is 1. The van der Waals surface area contributed by atoms with Gasteiger partial charge in [-0.05, 0) is 56.4 Å². The van der Waals surface area contributed by atoms with Gasteiger partial charge >= 0.3 is 0 Å². The van der Waals surface area contributed by atoms with E-state index in [4.69, 9.17) is 0 Å². The minimum Gasteiger partial charge on any atom is -0.241 e. The first-order valence-electron chi connectivity index (χ1n) is 7.45. The van der Waals surface area contributed by atoms with Crippen LogP contribution in [0.3, 0.4) is 0 Å². The van der Waals surface area contributed by atoms with Crippen LogP contribution >= 0.6 is 15.9 Å². The van der Waals surface area contributed by atoms with E-state index in [1.165, 1.54) is 27.8 Å². The van der Waals surface area contributed by atoms with Gasteiger partial charge in [0.2, 0.25) is 0 Å². The van der Waals surface area contributed by atoms with Crippen molar-refractivity contribution < 1.29 is 0 Å². The van der Waals surface area contributed by atoms with Crippen LogP contribution in [-0.4, -0.2) is 4.98 Å². The van der Waals surface area contributed by atoms with Gasteiger partial charge in [-0.1, -0.05) is 56.3 Å². The third kappa shape index (κ3) is 1.94. The van der Waals surface area contributed by atoms with Crippen molar-refractivity contribution in [2.75, 3.05) is 0 Å². The molecule has 1 aliphatic rings. The number of rotatable bonds is 1. The summed E-state index contributed by atoms with van der Waals surface area (Å²) in [5.74, 6) is 0. The number of pyridine rings is 1. The van der Waals surface area contributed by atoms with Crippen LogP contribution in [0.2, 0.25) is 0 Å². The summed E-state index contributed by atoms with van der Waals surface area (Å²) >= 11 is 3.46. The Bertz CT molecular complexity index is 880. The molecule has 0 unspecified atom stereocenters. The van der Waals surface area contributed by atoms with Gasteiger partial charge in [0, 0.05) is 11.0 Å². The highest BCUT2D eigenvalue weighted by molar-refractivity contribution is 9.10. The second kappa shape index (κ2) is 4.79. The minimum atomic E-state index is 0.0357. The zero-order valence-electron chi connectivity index (χ0n) is 12.6. The Morgan fingerprint density at radius 3 is 2.41 bits per heavy atom. The van der Waals surface area contributed by atoms with E-state index in [0.717, 1.165) is 10.3 Å². The second-order valence-corrected chi connectivity index (χ2v) is 7.09. The summed E-state index contributed by atoms with van der Waals surface area (Å²) in [4.78, 5) is 4.58. The molecule has 0 amide bonds. The highest BCUT2D eigenvalue weighted by Crippen LogP contribution is 2.49. The molecule has 0 atom stereocenters. The van der Waals surface area contributed by atoms with Gasteiger partial charge in [0.05, 0.1) is 5.69 Å². The van der Waals surface area contributed by atoms with Gasteiger partial charge < -0.3 is 0 Å². The zero-order chi connectivity index (χ0) is 15.3. The first-order valence-corrected chi connectivity index (χ1v) is 8.24. The van der Waals surface area contributed by atoms with Crippen LogP contribution in [0.5, 0.6) is 0 Å². The largest absolute Gasteiger partial charge is 0.241 e. The summed E-state index contributed by atoms with van der Waals surface area (Å²) in [6.45, 7) is 4.60. The molecule has 0 aliphatic heterocycles. The van der Waals surface area contributed by atoms with E-state index < -0.39 is 0 Å². The first-order chi connectivity index (χ1) is 10.6. The van der Waals surface area contributed by atoms with E-state index >= 15 is 0 Å². The van der Waals surface area contributed by atoms with Gasteiger partial charge in [-0.3, -0.25) is 0 Å².